The first-order valence-electron chi connectivity index (χ1n) is 8.09. The number of nitrogens with zero attached hydrogens (tertiary/aromatic N) is 1. The molecule has 1 amide bonds. The van der Waals surface area contributed by atoms with Crippen molar-refractivity contribution < 1.29 is 17.9 Å². The third-order valence-electron chi connectivity index (χ3n) is 3.96. The number of hydrogen-bond donors (Lipinski definition) is 1. The molecule has 3 aromatic rings. The van der Waals surface area contributed by atoms with E-state index in [1.165, 1.54) is 18.2 Å². The van der Waals surface area contributed by atoms with Gasteiger partial charge in [-0.15, -0.1) is 0 Å². The Morgan fingerprint density at radius 2 is 1.74 bits per heavy atom. The van der Waals surface area contributed by atoms with Gasteiger partial charge in [0.25, 0.3) is 0 Å². The van der Waals surface area contributed by atoms with Crippen LogP contribution in [0.15, 0.2) is 65.7 Å². The van der Waals surface area contributed by atoms with Gasteiger partial charge in [0.2, 0.25) is 5.91 Å². The molecule has 2 N–H and O–H groups in total. The fraction of sp³-hybridized carbons (Fsp3) is 0.100. The van der Waals surface area contributed by atoms with Gasteiger partial charge in [0, 0.05) is 23.6 Å². The molecule has 0 unspecified atom stereocenters. The largest absolute Gasteiger partial charge is 0.457 e. The van der Waals surface area contributed by atoms with E-state index in [9.17, 15) is 13.2 Å². The maximum Gasteiger partial charge on any atom is 0.248 e. The molecule has 1 heterocycles. The van der Waals surface area contributed by atoms with Crippen molar-refractivity contribution in [2.24, 2.45) is 5.73 Å². The van der Waals surface area contributed by atoms with Crippen LogP contribution >= 0.6 is 0 Å². The molecule has 0 saturated heterocycles. The van der Waals surface area contributed by atoms with Gasteiger partial charge in [-0.05, 0) is 61.0 Å². The Balaban J connectivity index is 2.00. The van der Waals surface area contributed by atoms with E-state index in [1.54, 1.807) is 30.5 Å². The van der Waals surface area contributed by atoms with Crippen molar-refractivity contribution in [3.8, 4) is 22.8 Å². The molecule has 0 aliphatic carbocycles. The number of carbonyl (C=O) groups excluding carboxylic acids is 1. The number of benzene rings is 2. The molecule has 0 atom stereocenters. The maximum absolute atomic E-state index is 11.7. The molecular formula is C20H18N2O4S. The van der Waals surface area contributed by atoms with Gasteiger partial charge in [0.15, 0.2) is 9.84 Å². The van der Waals surface area contributed by atoms with Gasteiger partial charge >= 0.3 is 0 Å². The Hall–Kier alpha value is -3.19. The van der Waals surface area contributed by atoms with E-state index in [2.05, 4.69) is 4.98 Å². The van der Waals surface area contributed by atoms with Crippen LogP contribution in [0.3, 0.4) is 0 Å². The lowest BCUT2D eigenvalue weighted by atomic mass is 10.0. The zero-order valence-corrected chi connectivity index (χ0v) is 15.7. The number of ether oxygens (including phenoxy) is 1. The lowest BCUT2D eigenvalue weighted by Crippen LogP contribution is -2.11. The number of sulfone groups is 1. The van der Waals surface area contributed by atoms with Gasteiger partial charge in [-0.3, -0.25) is 9.78 Å². The minimum absolute atomic E-state index is 0.200. The monoisotopic (exact) mass is 382 g/mol. The maximum atomic E-state index is 11.7. The van der Waals surface area contributed by atoms with Crippen molar-refractivity contribution in [1.29, 1.82) is 0 Å². The number of primary amides is 1. The van der Waals surface area contributed by atoms with Crippen LogP contribution in [0.4, 0.5) is 0 Å². The zero-order chi connectivity index (χ0) is 19.6. The van der Waals surface area contributed by atoms with E-state index < -0.39 is 15.7 Å². The van der Waals surface area contributed by atoms with Gasteiger partial charge in [-0.2, -0.15) is 0 Å². The normalized spacial score (nSPS) is 11.2. The molecule has 27 heavy (non-hydrogen) atoms. The second-order valence-corrected chi connectivity index (χ2v) is 8.14. The van der Waals surface area contributed by atoms with E-state index in [1.807, 2.05) is 19.1 Å². The van der Waals surface area contributed by atoms with E-state index in [0.717, 1.165) is 17.5 Å². The minimum atomic E-state index is -3.28. The summed E-state index contributed by atoms with van der Waals surface area (Å²) in [5, 5.41) is 0. The average molecular weight is 382 g/mol. The number of amides is 1. The average Bonchev–Trinajstić information content (AvgIpc) is 2.61. The van der Waals surface area contributed by atoms with Crippen LogP contribution in [0.5, 0.6) is 11.5 Å². The van der Waals surface area contributed by atoms with Crippen molar-refractivity contribution in [3.63, 3.8) is 0 Å². The van der Waals surface area contributed by atoms with Gasteiger partial charge in [-0.1, -0.05) is 6.07 Å². The van der Waals surface area contributed by atoms with Crippen molar-refractivity contribution in [2.75, 3.05) is 6.26 Å². The SMILES string of the molecule is Cc1cccnc1-c1cc(Oc2ccc(S(C)(=O)=O)cc2)cc(C(N)=O)c1. The number of hydrogen-bond acceptors (Lipinski definition) is 5. The first-order chi connectivity index (χ1) is 12.7. The summed E-state index contributed by atoms with van der Waals surface area (Å²) in [4.78, 5) is 16.3. The number of aryl methyl sites for hydroxylation is 1. The zero-order valence-electron chi connectivity index (χ0n) is 14.8. The second kappa shape index (κ2) is 7.20. The Morgan fingerprint density at radius 3 is 2.33 bits per heavy atom. The highest BCUT2D eigenvalue weighted by Crippen LogP contribution is 2.30. The van der Waals surface area contributed by atoms with Crippen LogP contribution in [0, 0.1) is 6.92 Å². The molecule has 138 valence electrons. The number of nitrogens with two attached hydrogens (primary N) is 1. The quantitative estimate of drug-likeness (QED) is 0.729. The summed E-state index contributed by atoms with van der Waals surface area (Å²) >= 11 is 0. The lowest BCUT2D eigenvalue weighted by molar-refractivity contribution is 0.1000. The van der Waals surface area contributed by atoms with Gasteiger partial charge in [-0.25, -0.2) is 8.42 Å². The standard InChI is InChI=1S/C20H18N2O4S/c1-13-4-3-9-22-19(13)14-10-15(20(21)23)12-17(11-14)26-16-5-7-18(8-6-16)27(2,24)25/h3-12H,1-2H3,(H2,21,23). The lowest BCUT2D eigenvalue weighted by Gasteiger charge is -2.11. The smallest absolute Gasteiger partial charge is 0.248 e. The van der Waals surface area contributed by atoms with Crippen LogP contribution in [0.2, 0.25) is 0 Å². The highest BCUT2D eigenvalue weighted by atomic mass is 32.2. The summed E-state index contributed by atoms with van der Waals surface area (Å²) in [6.07, 6.45) is 2.81. The van der Waals surface area contributed by atoms with Crippen molar-refractivity contribution in [1.82, 2.24) is 4.98 Å². The van der Waals surface area contributed by atoms with E-state index >= 15 is 0 Å². The predicted octanol–water partition coefficient (Wildman–Crippen LogP) is 3.35. The summed E-state index contributed by atoms with van der Waals surface area (Å²) in [6, 6.07) is 14.7. The molecule has 7 heteroatoms. The van der Waals surface area contributed by atoms with Crippen molar-refractivity contribution in [3.05, 3.63) is 71.9 Å². The topological polar surface area (TPSA) is 99.3 Å². The molecular weight excluding hydrogens is 364 g/mol. The Morgan fingerprint density at radius 1 is 1.04 bits per heavy atom. The van der Waals surface area contributed by atoms with Crippen LogP contribution < -0.4 is 10.5 Å². The van der Waals surface area contributed by atoms with Gasteiger partial charge in [0.05, 0.1) is 10.6 Å². The fourth-order valence-electron chi connectivity index (χ4n) is 2.62. The van der Waals surface area contributed by atoms with Crippen LogP contribution in [0.25, 0.3) is 11.3 Å². The molecule has 0 bridgehead atoms. The molecule has 0 saturated carbocycles. The predicted molar refractivity (Wildman–Crippen MR) is 103 cm³/mol. The van der Waals surface area contributed by atoms with E-state index in [4.69, 9.17) is 10.5 Å². The number of rotatable bonds is 5. The van der Waals surface area contributed by atoms with Crippen LogP contribution in [-0.2, 0) is 9.84 Å². The van der Waals surface area contributed by atoms with E-state index in [0.29, 0.717) is 22.6 Å². The first kappa shape index (κ1) is 18.6. The molecule has 1 aromatic heterocycles. The Kier molecular flexibility index (Phi) is 4.96. The first-order valence-corrected chi connectivity index (χ1v) is 9.98. The summed E-state index contributed by atoms with van der Waals surface area (Å²) in [7, 11) is -3.28. The third-order valence-corrected chi connectivity index (χ3v) is 5.09. The molecule has 3 rings (SSSR count). The second-order valence-electron chi connectivity index (χ2n) is 6.12. The molecule has 0 fully saturated rings. The Labute approximate surface area is 157 Å². The summed E-state index contributed by atoms with van der Waals surface area (Å²) in [5.74, 6) is 0.258. The summed E-state index contributed by atoms with van der Waals surface area (Å²) in [6.45, 7) is 1.92. The number of pyridine rings is 1. The fourth-order valence-corrected chi connectivity index (χ4v) is 3.25. The van der Waals surface area contributed by atoms with Crippen LogP contribution in [0.1, 0.15) is 15.9 Å². The summed E-state index contributed by atoms with van der Waals surface area (Å²) in [5.41, 5.74) is 8.11. The van der Waals surface area contributed by atoms with E-state index in [-0.39, 0.29) is 4.90 Å². The molecule has 0 aliphatic heterocycles. The molecule has 2 aromatic carbocycles. The third kappa shape index (κ3) is 4.32. The molecule has 0 aliphatic rings. The summed E-state index contributed by atoms with van der Waals surface area (Å²) < 4.78 is 28.9. The molecule has 0 radical (unpaired) electrons. The van der Waals surface area contributed by atoms with Crippen LogP contribution in [-0.4, -0.2) is 25.6 Å². The molecule has 0 spiro atoms. The van der Waals surface area contributed by atoms with Crippen molar-refractivity contribution in [2.45, 2.75) is 11.8 Å². The molecule has 6 nitrogen and oxygen atoms in total. The highest BCUT2D eigenvalue weighted by molar-refractivity contribution is 7.90. The van der Waals surface area contributed by atoms with Gasteiger partial charge < -0.3 is 10.5 Å². The minimum Gasteiger partial charge on any atom is -0.457 e. The number of aromatic nitrogens is 1. The Bertz CT molecular complexity index is 1110. The van der Waals surface area contributed by atoms with Gasteiger partial charge in [0.1, 0.15) is 11.5 Å². The number of carbonyl (C=O) groups is 1. The highest BCUT2D eigenvalue weighted by Gasteiger charge is 2.12. The van der Waals surface area contributed by atoms with Crippen molar-refractivity contribution >= 4 is 15.7 Å².